The number of benzene rings is 1. The van der Waals surface area contributed by atoms with Crippen LogP contribution >= 0.6 is 0 Å². The molecule has 0 heterocycles. The Morgan fingerprint density at radius 2 is 2.00 bits per heavy atom. The largest absolute Gasteiger partial charge is 0.492 e. The summed E-state index contributed by atoms with van der Waals surface area (Å²) in [5.74, 6) is 0.688. The summed E-state index contributed by atoms with van der Waals surface area (Å²) in [4.78, 5) is 1.75. The maximum atomic E-state index is 7.61. The Kier molecular flexibility index (Phi) is 6.68. The molecule has 0 fully saturated rings. The molecule has 0 spiro atoms. The highest BCUT2D eigenvalue weighted by Gasteiger charge is 2.07. The van der Waals surface area contributed by atoms with E-state index in [-0.39, 0.29) is 5.96 Å². The van der Waals surface area contributed by atoms with Crippen molar-refractivity contribution in [1.29, 1.82) is 5.41 Å². The molecule has 4 heteroatoms. The number of rotatable bonds is 8. The molecule has 0 atom stereocenters. The minimum absolute atomic E-state index is 0.0327. The van der Waals surface area contributed by atoms with Gasteiger partial charge in [-0.15, -0.1) is 0 Å². The van der Waals surface area contributed by atoms with Crippen LogP contribution in [0.15, 0.2) is 67.5 Å². The molecule has 4 nitrogen and oxygen atoms in total. The third-order valence-electron chi connectivity index (χ3n) is 2.67. The van der Waals surface area contributed by atoms with Crippen LogP contribution in [0.4, 0.5) is 0 Å². The molecule has 1 aromatic rings. The minimum Gasteiger partial charge on any atom is -0.492 e. The van der Waals surface area contributed by atoms with E-state index in [1.807, 2.05) is 30.3 Å². The fourth-order valence-electron chi connectivity index (χ4n) is 1.65. The van der Waals surface area contributed by atoms with Crippen LogP contribution in [0.25, 0.3) is 0 Å². The van der Waals surface area contributed by atoms with Gasteiger partial charge in [0, 0.05) is 6.54 Å². The van der Waals surface area contributed by atoms with Gasteiger partial charge < -0.3 is 15.4 Å². The lowest BCUT2D eigenvalue weighted by Gasteiger charge is -2.22. The van der Waals surface area contributed by atoms with Gasteiger partial charge >= 0.3 is 0 Å². The molecular formula is C16H21N3O. The molecule has 0 aliphatic carbocycles. The highest BCUT2D eigenvalue weighted by atomic mass is 16.5. The van der Waals surface area contributed by atoms with Gasteiger partial charge in [-0.2, -0.15) is 0 Å². The second-order valence-electron chi connectivity index (χ2n) is 4.15. The first-order valence-corrected chi connectivity index (χ1v) is 6.38. The minimum atomic E-state index is 0.0327. The first kappa shape index (κ1) is 15.6. The molecule has 0 unspecified atom stereocenters. The predicted molar refractivity (Wildman–Crippen MR) is 83.2 cm³/mol. The smallest absolute Gasteiger partial charge is 0.188 e. The van der Waals surface area contributed by atoms with Gasteiger partial charge in [0.1, 0.15) is 12.4 Å². The molecule has 3 N–H and O–H groups in total. The number of ether oxygens (including phenoxy) is 1. The van der Waals surface area contributed by atoms with Crippen molar-refractivity contribution in [2.75, 3.05) is 13.2 Å². The monoisotopic (exact) mass is 271 g/mol. The van der Waals surface area contributed by atoms with Gasteiger partial charge in [0.05, 0.1) is 6.54 Å². The van der Waals surface area contributed by atoms with E-state index < -0.39 is 0 Å². The molecule has 1 rings (SSSR count). The van der Waals surface area contributed by atoms with E-state index in [0.29, 0.717) is 25.5 Å². The quantitative estimate of drug-likeness (QED) is 0.331. The molecule has 106 valence electrons. The maximum absolute atomic E-state index is 7.61. The summed E-state index contributed by atoms with van der Waals surface area (Å²) in [5.41, 5.74) is 6.70. The summed E-state index contributed by atoms with van der Waals surface area (Å²) in [5, 5.41) is 7.61. The van der Waals surface area contributed by atoms with Crippen molar-refractivity contribution >= 4 is 5.96 Å². The molecule has 0 amide bonds. The molecular weight excluding hydrogens is 250 g/mol. The summed E-state index contributed by atoms with van der Waals surface area (Å²) < 4.78 is 5.53. The zero-order valence-electron chi connectivity index (χ0n) is 11.6. The number of allylic oxidation sites excluding steroid dienone is 3. The number of nitrogens with two attached hydrogens (primary N) is 1. The van der Waals surface area contributed by atoms with Crippen molar-refractivity contribution < 1.29 is 4.74 Å². The SMILES string of the molecule is C=C/C=C(\C=C)OCCN(Cc1ccccc1)C(=N)N. The molecule has 0 radical (unpaired) electrons. The van der Waals surface area contributed by atoms with Crippen molar-refractivity contribution in [3.05, 3.63) is 73.0 Å². The van der Waals surface area contributed by atoms with Gasteiger partial charge in [-0.3, -0.25) is 5.41 Å². The Morgan fingerprint density at radius 1 is 1.30 bits per heavy atom. The van der Waals surface area contributed by atoms with Crippen LogP contribution in [0.5, 0.6) is 0 Å². The van der Waals surface area contributed by atoms with Crippen LogP contribution in [-0.2, 0) is 11.3 Å². The van der Waals surface area contributed by atoms with E-state index in [9.17, 15) is 0 Å². The summed E-state index contributed by atoms with van der Waals surface area (Å²) in [7, 11) is 0. The normalized spacial score (nSPS) is 10.7. The average molecular weight is 271 g/mol. The van der Waals surface area contributed by atoms with Crippen molar-refractivity contribution in [3.63, 3.8) is 0 Å². The van der Waals surface area contributed by atoms with Crippen LogP contribution in [0.2, 0.25) is 0 Å². The lowest BCUT2D eigenvalue weighted by atomic mass is 10.2. The number of nitrogens with one attached hydrogen (secondary N) is 1. The van der Waals surface area contributed by atoms with Gasteiger partial charge in [0.2, 0.25) is 0 Å². The maximum Gasteiger partial charge on any atom is 0.188 e. The van der Waals surface area contributed by atoms with Crippen LogP contribution in [0, 0.1) is 5.41 Å². The summed E-state index contributed by atoms with van der Waals surface area (Å²) in [6.07, 6.45) is 5.00. The molecule has 0 aliphatic heterocycles. The summed E-state index contributed by atoms with van der Waals surface area (Å²) in [6.45, 7) is 8.82. The second-order valence-corrected chi connectivity index (χ2v) is 4.15. The van der Waals surface area contributed by atoms with E-state index >= 15 is 0 Å². The summed E-state index contributed by atoms with van der Waals surface area (Å²) >= 11 is 0. The van der Waals surface area contributed by atoms with Gasteiger partial charge in [0.25, 0.3) is 0 Å². The lowest BCUT2D eigenvalue weighted by Crippen LogP contribution is -2.38. The lowest BCUT2D eigenvalue weighted by molar-refractivity contribution is 0.195. The van der Waals surface area contributed by atoms with Crippen molar-refractivity contribution in [2.24, 2.45) is 5.73 Å². The van der Waals surface area contributed by atoms with Crippen LogP contribution < -0.4 is 5.73 Å². The third-order valence-corrected chi connectivity index (χ3v) is 2.67. The molecule has 20 heavy (non-hydrogen) atoms. The fraction of sp³-hybridized carbons (Fsp3) is 0.188. The van der Waals surface area contributed by atoms with E-state index in [1.54, 1.807) is 23.1 Å². The first-order chi connectivity index (χ1) is 9.67. The second kappa shape index (κ2) is 8.58. The number of guanidine groups is 1. The Balaban J connectivity index is 2.52. The van der Waals surface area contributed by atoms with E-state index in [1.165, 1.54) is 0 Å². The van der Waals surface area contributed by atoms with E-state index in [2.05, 4.69) is 13.2 Å². The highest BCUT2D eigenvalue weighted by Crippen LogP contribution is 2.05. The number of hydrogen-bond acceptors (Lipinski definition) is 2. The fourth-order valence-corrected chi connectivity index (χ4v) is 1.65. The Hall–Kier alpha value is -2.49. The molecule has 0 saturated carbocycles. The third kappa shape index (κ3) is 5.44. The van der Waals surface area contributed by atoms with Crippen LogP contribution in [0.3, 0.4) is 0 Å². The van der Waals surface area contributed by atoms with Gasteiger partial charge in [-0.1, -0.05) is 49.6 Å². The molecule has 0 aromatic heterocycles. The van der Waals surface area contributed by atoms with Gasteiger partial charge in [-0.25, -0.2) is 0 Å². The first-order valence-electron chi connectivity index (χ1n) is 6.38. The van der Waals surface area contributed by atoms with Gasteiger partial charge in [-0.05, 0) is 17.7 Å². The van der Waals surface area contributed by atoms with Crippen molar-refractivity contribution in [3.8, 4) is 0 Å². The predicted octanol–water partition coefficient (Wildman–Crippen LogP) is 2.65. The van der Waals surface area contributed by atoms with Crippen LogP contribution in [-0.4, -0.2) is 24.0 Å². The topological polar surface area (TPSA) is 62.3 Å². The standard InChI is InChI=1S/C16H21N3O/c1-3-8-15(4-2)20-12-11-19(16(17)18)13-14-9-6-5-7-10-14/h3-10H,1-2,11-13H2,(H3,17,18)/b15-8+. The van der Waals surface area contributed by atoms with Crippen molar-refractivity contribution in [1.82, 2.24) is 4.90 Å². The molecule has 1 aromatic carbocycles. The molecule has 0 bridgehead atoms. The highest BCUT2D eigenvalue weighted by molar-refractivity contribution is 5.74. The zero-order valence-corrected chi connectivity index (χ0v) is 11.6. The Morgan fingerprint density at radius 3 is 2.55 bits per heavy atom. The van der Waals surface area contributed by atoms with Crippen LogP contribution in [0.1, 0.15) is 5.56 Å². The number of nitrogens with zero attached hydrogens (tertiary/aromatic N) is 1. The Labute approximate surface area is 120 Å². The van der Waals surface area contributed by atoms with Crippen molar-refractivity contribution in [2.45, 2.75) is 6.54 Å². The average Bonchev–Trinajstić information content (AvgIpc) is 2.46. The molecule has 0 saturated heterocycles. The zero-order chi connectivity index (χ0) is 14.8. The Bertz CT molecular complexity index is 480. The van der Waals surface area contributed by atoms with E-state index in [4.69, 9.17) is 15.9 Å². The molecule has 0 aliphatic rings. The summed E-state index contributed by atoms with van der Waals surface area (Å²) in [6, 6.07) is 9.90. The van der Waals surface area contributed by atoms with E-state index in [0.717, 1.165) is 5.56 Å². The van der Waals surface area contributed by atoms with Gasteiger partial charge in [0.15, 0.2) is 5.96 Å². The number of hydrogen-bond donors (Lipinski definition) is 2.